The number of nitrogens with zero attached hydrogens (tertiary/aromatic N) is 1. The number of ether oxygens (including phenoxy) is 2. The largest absolute Gasteiger partial charge is 0.489 e. The standard InChI is InChI=1S/C22H24N2O4/c25-20(24-12-10-22(11-13-24)16-23-21(26)28-22)14-17-6-8-19(9-7-17)27-15-18-4-2-1-3-5-18/h1-9H,10-16H2,(H,23,26). The number of carbonyl (C=O) groups is 2. The highest BCUT2D eigenvalue weighted by Gasteiger charge is 2.43. The Hall–Kier alpha value is -3.02. The maximum Gasteiger partial charge on any atom is 0.407 e. The summed E-state index contributed by atoms with van der Waals surface area (Å²) in [7, 11) is 0. The van der Waals surface area contributed by atoms with E-state index in [4.69, 9.17) is 9.47 Å². The normalized spacial score (nSPS) is 17.9. The van der Waals surface area contributed by atoms with Crippen molar-refractivity contribution in [2.75, 3.05) is 19.6 Å². The number of amides is 2. The molecule has 146 valence electrons. The first-order chi connectivity index (χ1) is 13.6. The molecule has 4 rings (SSSR count). The molecule has 0 radical (unpaired) electrons. The number of carbonyl (C=O) groups excluding carboxylic acids is 2. The number of nitrogens with one attached hydrogen (secondary N) is 1. The van der Waals surface area contributed by atoms with Crippen LogP contribution in [0.2, 0.25) is 0 Å². The van der Waals surface area contributed by atoms with Crippen molar-refractivity contribution in [2.24, 2.45) is 0 Å². The number of alkyl carbamates (subject to hydrolysis) is 1. The summed E-state index contributed by atoms with van der Waals surface area (Å²) in [4.78, 5) is 25.8. The Morgan fingerprint density at radius 2 is 1.75 bits per heavy atom. The highest BCUT2D eigenvalue weighted by atomic mass is 16.6. The van der Waals surface area contributed by atoms with Crippen molar-refractivity contribution < 1.29 is 19.1 Å². The van der Waals surface area contributed by atoms with Gasteiger partial charge in [0.25, 0.3) is 0 Å². The predicted octanol–water partition coefficient (Wildman–Crippen LogP) is 2.91. The van der Waals surface area contributed by atoms with Gasteiger partial charge in [0.2, 0.25) is 5.91 Å². The lowest BCUT2D eigenvalue weighted by atomic mass is 9.91. The Labute approximate surface area is 164 Å². The van der Waals surface area contributed by atoms with E-state index in [2.05, 4.69) is 5.32 Å². The number of piperidine rings is 1. The molecule has 2 aliphatic heterocycles. The van der Waals surface area contributed by atoms with Gasteiger partial charge in [0.15, 0.2) is 0 Å². The minimum absolute atomic E-state index is 0.102. The zero-order valence-electron chi connectivity index (χ0n) is 15.7. The quantitative estimate of drug-likeness (QED) is 0.866. The lowest BCUT2D eigenvalue weighted by Crippen LogP contribution is -2.48. The molecule has 2 aliphatic rings. The summed E-state index contributed by atoms with van der Waals surface area (Å²) < 4.78 is 11.2. The molecule has 0 unspecified atom stereocenters. The molecule has 0 saturated carbocycles. The molecule has 0 aromatic heterocycles. The Bertz CT molecular complexity index is 827. The van der Waals surface area contributed by atoms with Gasteiger partial charge in [-0.25, -0.2) is 4.79 Å². The molecule has 2 aromatic carbocycles. The molecule has 1 spiro atoms. The van der Waals surface area contributed by atoms with E-state index in [1.807, 2.05) is 59.5 Å². The SMILES string of the molecule is O=C1NCC2(CCN(C(=O)Cc3ccc(OCc4ccccc4)cc3)CC2)O1. The van der Waals surface area contributed by atoms with Gasteiger partial charge in [-0.1, -0.05) is 42.5 Å². The van der Waals surface area contributed by atoms with Crippen LogP contribution in [0, 0.1) is 0 Å². The molecular weight excluding hydrogens is 356 g/mol. The lowest BCUT2D eigenvalue weighted by molar-refractivity contribution is -0.133. The first-order valence-electron chi connectivity index (χ1n) is 9.62. The number of hydrogen-bond acceptors (Lipinski definition) is 4. The minimum Gasteiger partial charge on any atom is -0.489 e. The molecule has 0 bridgehead atoms. The fourth-order valence-electron chi connectivity index (χ4n) is 3.68. The minimum atomic E-state index is -0.425. The van der Waals surface area contributed by atoms with Crippen LogP contribution < -0.4 is 10.1 Å². The van der Waals surface area contributed by atoms with Gasteiger partial charge in [-0.2, -0.15) is 0 Å². The van der Waals surface area contributed by atoms with Crippen molar-refractivity contribution in [3.63, 3.8) is 0 Å². The van der Waals surface area contributed by atoms with Crippen molar-refractivity contribution in [1.29, 1.82) is 0 Å². The molecule has 2 fully saturated rings. The molecule has 0 atom stereocenters. The van der Waals surface area contributed by atoms with Gasteiger partial charge in [0.05, 0.1) is 13.0 Å². The smallest absolute Gasteiger partial charge is 0.407 e. The third-order valence-corrected chi connectivity index (χ3v) is 5.42. The summed E-state index contributed by atoms with van der Waals surface area (Å²) in [6.07, 6.45) is 1.38. The van der Waals surface area contributed by atoms with E-state index in [9.17, 15) is 9.59 Å². The maximum absolute atomic E-state index is 12.6. The Morgan fingerprint density at radius 3 is 2.39 bits per heavy atom. The van der Waals surface area contributed by atoms with Gasteiger partial charge in [-0.3, -0.25) is 4.79 Å². The second kappa shape index (κ2) is 7.92. The van der Waals surface area contributed by atoms with E-state index in [1.54, 1.807) is 0 Å². The Balaban J connectivity index is 1.26. The van der Waals surface area contributed by atoms with Crippen LogP contribution in [0.4, 0.5) is 4.79 Å². The van der Waals surface area contributed by atoms with Crippen LogP contribution in [0.1, 0.15) is 24.0 Å². The molecule has 2 aromatic rings. The zero-order chi connectivity index (χ0) is 19.4. The van der Waals surface area contributed by atoms with Gasteiger partial charge in [0.1, 0.15) is 18.0 Å². The van der Waals surface area contributed by atoms with Gasteiger partial charge in [0, 0.05) is 25.9 Å². The van der Waals surface area contributed by atoms with Gasteiger partial charge >= 0.3 is 6.09 Å². The van der Waals surface area contributed by atoms with E-state index in [-0.39, 0.29) is 12.0 Å². The third-order valence-electron chi connectivity index (χ3n) is 5.42. The first-order valence-corrected chi connectivity index (χ1v) is 9.62. The van der Waals surface area contributed by atoms with Crippen LogP contribution in [0.3, 0.4) is 0 Å². The predicted molar refractivity (Wildman–Crippen MR) is 104 cm³/mol. The second-order valence-corrected chi connectivity index (χ2v) is 7.40. The Morgan fingerprint density at radius 1 is 1.04 bits per heavy atom. The average Bonchev–Trinajstić information content (AvgIpc) is 3.08. The van der Waals surface area contributed by atoms with Crippen molar-refractivity contribution in [3.8, 4) is 5.75 Å². The average molecular weight is 380 g/mol. The molecular formula is C22H24N2O4. The molecule has 0 aliphatic carbocycles. The second-order valence-electron chi connectivity index (χ2n) is 7.40. The van der Waals surface area contributed by atoms with E-state index < -0.39 is 5.60 Å². The summed E-state index contributed by atoms with van der Waals surface area (Å²) in [5.74, 6) is 0.889. The zero-order valence-corrected chi connectivity index (χ0v) is 15.7. The summed E-state index contributed by atoms with van der Waals surface area (Å²) in [6.45, 7) is 2.30. The molecule has 2 saturated heterocycles. The fraction of sp³-hybridized carbons (Fsp3) is 0.364. The maximum atomic E-state index is 12.6. The molecule has 28 heavy (non-hydrogen) atoms. The van der Waals surface area contributed by atoms with Crippen LogP contribution in [-0.4, -0.2) is 42.1 Å². The van der Waals surface area contributed by atoms with Gasteiger partial charge < -0.3 is 19.7 Å². The number of likely N-dealkylation sites (tertiary alicyclic amines) is 1. The van der Waals surface area contributed by atoms with Crippen LogP contribution in [0.15, 0.2) is 54.6 Å². The fourth-order valence-corrected chi connectivity index (χ4v) is 3.68. The Kier molecular flexibility index (Phi) is 5.19. The van der Waals surface area contributed by atoms with Gasteiger partial charge in [-0.05, 0) is 23.3 Å². The lowest BCUT2D eigenvalue weighted by Gasteiger charge is -2.37. The summed E-state index contributed by atoms with van der Waals surface area (Å²) in [6, 6.07) is 17.7. The molecule has 6 nitrogen and oxygen atoms in total. The number of benzene rings is 2. The summed E-state index contributed by atoms with van der Waals surface area (Å²) in [5.41, 5.74) is 1.66. The van der Waals surface area contributed by atoms with Crippen LogP contribution in [-0.2, 0) is 22.6 Å². The van der Waals surface area contributed by atoms with Gasteiger partial charge in [-0.15, -0.1) is 0 Å². The van der Waals surface area contributed by atoms with E-state index in [0.717, 1.165) is 16.9 Å². The van der Waals surface area contributed by atoms with E-state index in [1.165, 1.54) is 0 Å². The number of rotatable bonds is 5. The van der Waals surface area contributed by atoms with Crippen molar-refractivity contribution in [1.82, 2.24) is 10.2 Å². The van der Waals surface area contributed by atoms with Crippen molar-refractivity contribution >= 4 is 12.0 Å². The molecule has 1 N–H and O–H groups in total. The van der Waals surface area contributed by atoms with Crippen LogP contribution >= 0.6 is 0 Å². The third kappa shape index (κ3) is 4.27. The highest BCUT2D eigenvalue weighted by Crippen LogP contribution is 2.29. The van der Waals surface area contributed by atoms with Crippen molar-refractivity contribution in [3.05, 3.63) is 65.7 Å². The molecule has 2 heterocycles. The molecule has 6 heteroatoms. The van der Waals surface area contributed by atoms with E-state index >= 15 is 0 Å². The van der Waals surface area contributed by atoms with Crippen molar-refractivity contribution in [2.45, 2.75) is 31.5 Å². The van der Waals surface area contributed by atoms with E-state index in [0.29, 0.717) is 45.5 Å². The van der Waals surface area contributed by atoms with Crippen LogP contribution in [0.5, 0.6) is 5.75 Å². The molecule has 2 amide bonds. The van der Waals surface area contributed by atoms with Crippen LogP contribution in [0.25, 0.3) is 0 Å². The summed E-state index contributed by atoms with van der Waals surface area (Å²) >= 11 is 0. The first kappa shape index (κ1) is 18.3. The topological polar surface area (TPSA) is 67.9 Å². The monoisotopic (exact) mass is 380 g/mol. The number of hydrogen-bond donors (Lipinski definition) is 1. The highest BCUT2D eigenvalue weighted by molar-refractivity contribution is 5.79. The summed E-state index contributed by atoms with van der Waals surface area (Å²) in [5, 5.41) is 2.71.